The molecule has 1 N–H and O–H groups in total. The Hall–Kier alpha value is -2.44. The van der Waals surface area contributed by atoms with E-state index < -0.39 is 5.41 Å². The van der Waals surface area contributed by atoms with Crippen LogP contribution in [0.4, 0.5) is 10.5 Å². The molecule has 7 heteroatoms. The average molecular weight is 347 g/mol. The molecule has 2 saturated heterocycles. The average Bonchev–Trinajstić information content (AvgIpc) is 3.05. The molecule has 2 aliphatic heterocycles. The van der Waals surface area contributed by atoms with Crippen LogP contribution < -0.4 is 14.8 Å². The molecule has 1 aromatic carbocycles. The third kappa shape index (κ3) is 3.23. The van der Waals surface area contributed by atoms with Gasteiger partial charge in [-0.15, -0.1) is 0 Å². The molecule has 2 aliphatic rings. The van der Waals surface area contributed by atoms with Gasteiger partial charge in [0.15, 0.2) is 11.5 Å². The third-order valence-electron chi connectivity index (χ3n) is 5.23. The maximum atomic E-state index is 12.6. The molecule has 136 valence electrons. The highest BCUT2D eigenvalue weighted by Crippen LogP contribution is 2.40. The molecule has 3 amide bonds. The number of rotatable bonds is 3. The second kappa shape index (κ2) is 6.82. The Morgan fingerprint density at radius 2 is 1.92 bits per heavy atom. The molecule has 1 atom stereocenters. The van der Waals surface area contributed by atoms with Gasteiger partial charge in [0.25, 0.3) is 0 Å². The normalized spacial score (nSPS) is 23.1. The van der Waals surface area contributed by atoms with Crippen LogP contribution >= 0.6 is 0 Å². The number of hydrogen-bond donors (Lipinski definition) is 1. The molecule has 3 rings (SSSR count). The zero-order chi connectivity index (χ0) is 18.0. The van der Waals surface area contributed by atoms with Gasteiger partial charge in [-0.2, -0.15) is 0 Å². The van der Waals surface area contributed by atoms with Gasteiger partial charge in [-0.1, -0.05) is 0 Å². The zero-order valence-corrected chi connectivity index (χ0v) is 15.0. The van der Waals surface area contributed by atoms with Gasteiger partial charge in [0.1, 0.15) is 0 Å². The third-order valence-corrected chi connectivity index (χ3v) is 5.23. The summed E-state index contributed by atoms with van der Waals surface area (Å²) in [6.07, 6.45) is 2.58. The standard InChI is InChI=1S/C18H25N3O4/c1-20-9-4-7-18(16(20)22)8-10-21(12-18)17(23)19-13-5-6-14(24-2)15(11-13)25-3/h5-6,11H,4,7-10,12H2,1-3H3,(H,19,23)/t18-/m1/s1. The summed E-state index contributed by atoms with van der Waals surface area (Å²) in [6, 6.07) is 5.05. The van der Waals surface area contributed by atoms with Crippen LogP contribution in [0.3, 0.4) is 0 Å². The molecule has 1 aromatic rings. The number of carbonyl (C=O) groups is 2. The summed E-state index contributed by atoms with van der Waals surface area (Å²) in [7, 11) is 4.96. The molecule has 7 nitrogen and oxygen atoms in total. The van der Waals surface area contributed by atoms with Crippen molar-refractivity contribution in [2.75, 3.05) is 46.2 Å². The van der Waals surface area contributed by atoms with E-state index in [4.69, 9.17) is 9.47 Å². The van der Waals surface area contributed by atoms with Crippen molar-refractivity contribution in [3.05, 3.63) is 18.2 Å². The quantitative estimate of drug-likeness (QED) is 0.910. The van der Waals surface area contributed by atoms with E-state index in [1.54, 1.807) is 42.2 Å². The summed E-state index contributed by atoms with van der Waals surface area (Å²) in [4.78, 5) is 28.7. The molecule has 25 heavy (non-hydrogen) atoms. The second-order valence-electron chi connectivity index (χ2n) is 6.78. The number of benzene rings is 1. The van der Waals surface area contributed by atoms with Crippen LogP contribution in [0.5, 0.6) is 11.5 Å². The molecule has 0 saturated carbocycles. The summed E-state index contributed by atoms with van der Waals surface area (Å²) in [5, 5.41) is 2.88. The van der Waals surface area contributed by atoms with E-state index in [0.717, 1.165) is 25.8 Å². The number of nitrogens with one attached hydrogen (secondary N) is 1. The number of nitrogens with zero attached hydrogens (tertiary/aromatic N) is 2. The fourth-order valence-electron chi connectivity index (χ4n) is 3.81. The lowest BCUT2D eigenvalue weighted by Crippen LogP contribution is -2.49. The van der Waals surface area contributed by atoms with Crippen LogP contribution in [0.1, 0.15) is 19.3 Å². The minimum atomic E-state index is -0.401. The number of carbonyl (C=O) groups excluding carboxylic acids is 2. The molecule has 2 heterocycles. The summed E-state index contributed by atoms with van der Waals surface area (Å²) in [5.74, 6) is 1.33. The Morgan fingerprint density at radius 3 is 2.64 bits per heavy atom. The fourth-order valence-corrected chi connectivity index (χ4v) is 3.81. The molecule has 0 aromatic heterocycles. The highest BCUT2D eigenvalue weighted by Gasteiger charge is 2.48. The van der Waals surface area contributed by atoms with E-state index in [9.17, 15) is 9.59 Å². The first-order valence-corrected chi connectivity index (χ1v) is 8.52. The number of piperidine rings is 1. The predicted octanol–water partition coefficient (Wildman–Crippen LogP) is 2.18. The van der Waals surface area contributed by atoms with Crippen LogP contribution in [-0.4, -0.2) is 62.6 Å². The number of ether oxygens (including phenoxy) is 2. The van der Waals surface area contributed by atoms with Crippen LogP contribution in [0.25, 0.3) is 0 Å². The summed E-state index contributed by atoms with van der Waals surface area (Å²) >= 11 is 0. The lowest BCUT2D eigenvalue weighted by Gasteiger charge is -2.37. The lowest BCUT2D eigenvalue weighted by atomic mass is 9.78. The van der Waals surface area contributed by atoms with Crippen molar-refractivity contribution in [3.63, 3.8) is 0 Å². The van der Waals surface area contributed by atoms with Crippen LogP contribution in [0.15, 0.2) is 18.2 Å². The Morgan fingerprint density at radius 1 is 1.16 bits per heavy atom. The Kier molecular flexibility index (Phi) is 4.74. The molecule has 1 spiro atoms. The van der Waals surface area contributed by atoms with Gasteiger partial charge in [-0.05, 0) is 31.4 Å². The van der Waals surface area contributed by atoms with Gasteiger partial charge < -0.3 is 24.6 Å². The Labute approximate surface area is 147 Å². The van der Waals surface area contributed by atoms with E-state index in [1.807, 2.05) is 7.05 Å². The number of likely N-dealkylation sites (tertiary alicyclic amines) is 2. The van der Waals surface area contributed by atoms with Gasteiger partial charge in [-0.25, -0.2) is 4.79 Å². The van der Waals surface area contributed by atoms with E-state index in [2.05, 4.69) is 5.32 Å². The molecule has 0 bridgehead atoms. The highest BCUT2D eigenvalue weighted by atomic mass is 16.5. The summed E-state index contributed by atoms with van der Waals surface area (Å²) in [6.45, 7) is 1.88. The van der Waals surface area contributed by atoms with E-state index in [1.165, 1.54) is 0 Å². The van der Waals surface area contributed by atoms with Crippen LogP contribution in [-0.2, 0) is 4.79 Å². The first-order chi connectivity index (χ1) is 12.0. The smallest absolute Gasteiger partial charge is 0.321 e. The SMILES string of the molecule is COc1ccc(NC(=O)N2CC[C@]3(CCCN(C)C3=O)C2)cc1OC. The molecular weight excluding hydrogens is 322 g/mol. The Balaban J connectivity index is 1.68. The summed E-state index contributed by atoms with van der Waals surface area (Å²) < 4.78 is 10.5. The zero-order valence-electron chi connectivity index (χ0n) is 15.0. The minimum Gasteiger partial charge on any atom is -0.493 e. The highest BCUT2D eigenvalue weighted by molar-refractivity contribution is 5.91. The van der Waals surface area contributed by atoms with Crippen molar-refractivity contribution in [1.29, 1.82) is 0 Å². The lowest BCUT2D eigenvalue weighted by molar-refractivity contribution is -0.143. The molecule has 0 radical (unpaired) electrons. The van der Waals surface area contributed by atoms with E-state index in [0.29, 0.717) is 30.3 Å². The van der Waals surface area contributed by atoms with Crippen molar-refractivity contribution in [3.8, 4) is 11.5 Å². The largest absolute Gasteiger partial charge is 0.493 e. The topological polar surface area (TPSA) is 71.1 Å². The van der Waals surface area contributed by atoms with E-state index >= 15 is 0 Å². The molecule has 0 aliphatic carbocycles. The maximum Gasteiger partial charge on any atom is 0.321 e. The molecule has 0 unspecified atom stereocenters. The first kappa shape index (κ1) is 17.4. The van der Waals surface area contributed by atoms with E-state index in [-0.39, 0.29) is 11.9 Å². The number of methoxy groups -OCH3 is 2. The minimum absolute atomic E-state index is 0.167. The van der Waals surface area contributed by atoms with Gasteiger partial charge in [0.05, 0.1) is 19.6 Å². The van der Waals surface area contributed by atoms with Crippen molar-refractivity contribution >= 4 is 17.6 Å². The predicted molar refractivity (Wildman–Crippen MR) is 94.1 cm³/mol. The van der Waals surface area contributed by atoms with Crippen molar-refractivity contribution in [2.24, 2.45) is 5.41 Å². The number of hydrogen-bond acceptors (Lipinski definition) is 4. The van der Waals surface area contributed by atoms with Gasteiger partial charge in [-0.3, -0.25) is 4.79 Å². The van der Waals surface area contributed by atoms with Crippen molar-refractivity contribution in [2.45, 2.75) is 19.3 Å². The Bertz CT molecular complexity index is 678. The monoisotopic (exact) mass is 347 g/mol. The molecule has 2 fully saturated rings. The number of amides is 3. The fraction of sp³-hybridized carbons (Fsp3) is 0.556. The number of anilines is 1. The van der Waals surface area contributed by atoms with Gasteiger partial charge in [0, 0.05) is 38.4 Å². The summed E-state index contributed by atoms with van der Waals surface area (Å²) in [5.41, 5.74) is 0.234. The van der Waals surface area contributed by atoms with Crippen LogP contribution in [0.2, 0.25) is 0 Å². The second-order valence-corrected chi connectivity index (χ2v) is 6.78. The van der Waals surface area contributed by atoms with Gasteiger partial charge in [0.2, 0.25) is 5.91 Å². The first-order valence-electron chi connectivity index (χ1n) is 8.52. The van der Waals surface area contributed by atoms with Gasteiger partial charge >= 0.3 is 6.03 Å². The maximum absolute atomic E-state index is 12.6. The molecular formula is C18H25N3O4. The van der Waals surface area contributed by atoms with Crippen molar-refractivity contribution < 1.29 is 19.1 Å². The van der Waals surface area contributed by atoms with Crippen LogP contribution in [0, 0.1) is 5.41 Å². The van der Waals surface area contributed by atoms with Crippen molar-refractivity contribution in [1.82, 2.24) is 9.80 Å². The number of urea groups is 1.